The summed E-state index contributed by atoms with van der Waals surface area (Å²) in [5.41, 5.74) is 5.31. The van der Waals surface area contributed by atoms with E-state index in [0.717, 1.165) is 10.8 Å². The van der Waals surface area contributed by atoms with Gasteiger partial charge in [0.1, 0.15) is 0 Å². The van der Waals surface area contributed by atoms with Gasteiger partial charge < -0.3 is 0 Å². The highest BCUT2D eigenvalue weighted by Gasteiger charge is 2.02. The van der Waals surface area contributed by atoms with Crippen molar-refractivity contribution in [2.45, 2.75) is 13.3 Å². The number of hydrazine groups is 1. The maximum absolute atomic E-state index is 11.1. The third-order valence-electron chi connectivity index (χ3n) is 2.21. The fourth-order valence-corrected chi connectivity index (χ4v) is 1.34. The molecule has 2 aromatic rings. The molecule has 1 heterocycles. The molecule has 0 saturated heterocycles. The van der Waals surface area contributed by atoms with Gasteiger partial charge in [-0.3, -0.25) is 15.6 Å². The van der Waals surface area contributed by atoms with E-state index in [-0.39, 0.29) is 5.91 Å². The van der Waals surface area contributed by atoms with Crippen LogP contribution in [0.4, 0.5) is 5.82 Å². The number of nitrogens with zero attached hydrogens (tertiary/aromatic N) is 2. The average molecular weight is 216 g/mol. The zero-order chi connectivity index (χ0) is 11.4. The summed E-state index contributed by atoms with van der Waals surface area (Å²) in [5, 5.41) is 9.69. The summed E-state index contributed by atoms with van der Waals surface area (Å²) in [4.78, 5) is 11.1. The fraction of sp³-hybridized carbons (Fsp3) is 0.182. The van der Waals surface area contributed by atoms with Crippen LogP contribution in [0.2, 0.25) is 0 Å². The lowest BCUT2D eigenvalue weighted by molar-refractivity contribution is -0.120. The molecule has 0 aliphatic heterocycles. The molecule has 2 N–H and O–H groups in total. The predicted octanol–water partition coefficient (Wildman–Crippen LogP) is 1.48. The normalized spacial score (nSPS) is 10.1. The molecule has 5 nitrogen and oxygen atoms in total. The summed E-state index contributed by atoms with van der Waals surface area (Å²) in [5.74, 6) is 0.467. The van der Waals surface area contributed by atoms with Crippen molar-refractivity contribution in [1.29, 1.82) is 0 Å². The summed E-state index contributed by atoms with van der Waals surface area (Å²) in [7, 11) is 0. The van der Waals surface area contributed by atoms with Gasteiger partial charge in [-0.2, -0.15) is 5.10 Å². The van der Waals surface area contributed by atoms with Crippen LogP contribution < -0.4 is 10.9 Å². The minimum Gasteiger partial charge on any atom is -0.280 e. The molecule has 0 spiro atoms. The second-order valence-corrected chi connectivity index (χ2v) is 3.31. The molecule has 0 fully saturated rings. The van der Waals surface area contributed by atoms with E-state index >= 15 is 0 Å². The van der Waals surface area contributed by atoms with Gasteiger partial charge in [0, 0.05) is 17.2 Å². The lowest BCUT2D eigenvalue weighted by Crippen LogP contribution is -2.29. The second kappa shape index (κ2) is 4.57. The summed E-state index contributed by atoms with van der Waals surface area (Å²) in [6, 6.07) is 7.70. The van der Waals surface area contributed by atoms with Gasteiger partial charge in [-0.15, -0.1) is 5.10 Å². The second-order valence-electron chi connectivity index (χ2n) is 3.31. The molecule has 0 radical (unpaired) electrons. The van der Waals surface area contributed by atoms with E-state index < -0.39 is 0 Å². The molecule has 5 heteroatoms. The van der Waals surface area contributed by atoms with Crippen LogP contribution >= 0.6 is 0 Å². The number of fused-ring (bicyclic) bond motifs is 1. The molecule has 1 aromatic heterocycles. The van der Waals surface area contributed by atoms with Crippen LogP contribution in [0.3, 0.4) is 0 Å². The van der Waals surface area contributed by atoms with Crippen molar-refractivity contribution in [3.05, 3.63) is 30.5 Å². The highest BCUT2D eigenvalue weighted by atomic mass is 16.2. The van der Waals surface area contributed by atoms with Crippen LogP contribution in [0.15, 0.2) is 30.5 Å². The van der Waals surface area contributed by atoms with Gasteiger partial charge in [-0.05, 0) is 0 Å². The number of nitrogens with one attached hydrogen (secondary N) is 2. The Kier molecular flexibility index (Phi) is 2.95. The number of aromatic nitrogens is 2. The van der Waals surface area contributed by atoms with E-state index in [4.69, 9.17) is 0 Å². The van der Waals surface area contributed by atoms with Crippen molar-refractivity contribution in [3.63, 3.8) is 0 Å². The van der Waals surface area contributed by atoms with Crippen LogP contribution in [-0.4, -0.2) is 16.1 Å². The molecule has 2 rings (SSSR count). The highest BCUT2D eigenvalue weighted by molar-refractivity contribution is 5.91. The summed E-state index contributed by atoms with van der Waals surface area (Å²) >= 11 is 0. The molecule has 1 amide bonds. The molecule has 0 aliphatic rings. The number of anilines is 1. The van der Waals surface area contributed by atoms with E-state index in [1.54, 1.807) is 13.1 Å². The molecular weight excluding hydrogens is 204 g/mol. The standard InChI is InChI=1S/C11H12N4O/c1-2-10(16)13-15-11-9-6-4-3-5-8(9)7-12-14-11/h3-7H,2H2,1H3,(H,13,16)(H,14,15). The van der Waals surface area contributed by atoms with Crippen molar-refractivity contribution in [2.75, 3.05) is 5.43 Å². The van der Waals surface area contributed by atoms with Crippen LogP contribution in [0.1, 0.15) is 13.3 Å². The molecule has 1 aromatic carbocycles. The van der Waals surface area contributed by atoms with E-state index in [0.29, 0.717) is 12.2 Å². The van der Waals surface area contributed by atoms with Crippen molar-refractivity contribution in [3.8, 4) is 0 Å². The van der Waals surface area contributed by atoms with Crippen LogP contribution in [0.5, 0.6) is 0 Å². The van der Waals surface area contributed by atoms with E-state index in [1.807, 2.05) is 24.3 Å². The Hall–Kier alpha value is -2.17. The Morgan fingerprint density at radius 3 is 3.00 bits per heavy atom. The number of benzene rings is 1. The molecule has 82 valence electrons. The lowest BCUT2D eigenvalue weighted by Gasteiger charge is -2.07. The number of amides is 1. The van der Waals surface area contributed by atoms with Crippen LogP contribution in [0, 0.1) is 0 Å². The first-order chi connectivity index (χ1) is 7.81. The van der Waals surface area contributed by atoms with Gasteiger partial charge in [0.15, 0.2) is 5.82 Å². The van der Waals surface area contributed by atoms with Crippen molar-refractivity contribution in [2.24, 2.45) is 0 Å². The van der Waals surface area contributed by atoms with Crippen LogP contribution in [-0.2, 0) is 4.79 Å². The summed E-state index contributed by atoms with van der Waals surface area (Å²) in [6.45, 7) is 1.78. The Bertz CT molecular complexity index is 507. The third-order valence-corrected chi connectivity index (χ3v) is 2.21. The first-order valence-electron chi connectivity index (χ1n) is 5.06. The Morgan fingerprint density at radius 2 is 2.19 bits per heavy atom. The lowest BCUT2D eigenvalue weighted by atomic mass is 10.2. The largest absolute Gasteiger partial charge is 0.280 e. The molecule has 0 atom stereocenters. The van der Waals surface area contributed by atoms with E-state index in [9.17, 15) is 4.79 Å². The van der Waals surface area contributed by atoms with Crippen molar-refractivity contribution < 1.29 is 4.79 Å². The Morgan fingerprint density at radius 1 is 1.38 bits per heavy atom. The maximum atomic E-state index is 11.1. The number of hydrogen-bond acceptors (Lipinski definition) is 4. The minimum absolute atomic E-state index is 0.0882. The van der Waals surface area contributed by atoms with Gasteiger partial charge >= 0.3 is 0 Å². The van der Waals surface area contributed by atoms with E-state index in [2.05, 4.69) is 21.0 Å². The summed E-state index contributed by atoms with van der Waals surface area (Å²) in [6.07, 6.45) is 2.10. The predicted molar refractivity (Wildman–Crippen MR) is 61.6 cm³/mol. The number of hydrogen-bond donors (Lipinski definition) is 2. The van der Waals surface area contributed by atoms with Gasteiger partial charge in [0.25, 0.3) is 0 Å². The molecule has 0 aliphatic carbocycles. The Balaban J connectivity index is 2.27. The number of carbonyl (C=O) groups excluding carboxylic acids is 1. The minimum atomic E-state index is -0.0882. The van der Waals surface area contributed by atoms with Gasteiger partial charge in [0.05, 0.1) is 6.20 Å². The van der Waals surface area contributed by atoms with Gasteiger partial charge in [-0.1, -0.05) is 31.2 Å². The maximum Gasteiger partial charge on any atom is 0.238 e. The SMILES string of the molecule is CCC(=O)NNc1nncc2ccccc12. The van der Waals surface area contributed by atoms with Gasteiger partial charge in [-0.25, -0.2) is 0 Å². The van der Waals surface area contributed by atoms with Crippen LogP contribution in [0.25, 0.3) is 10.8 Å². The monoisotopic (exact) mass is 216 g/mol. The fourth-order valence-electron chi connectivity index (χ4n) is 1.34. The van der Waals surface area contributed by atoms with Crippen molar-refractivity contribution in [1.82, 2.24) is 15.6 Å². The quantitative estimate of drug-likeness (QED) is 0.763. The molecular formula is C11H12N4O. The van der Waals surface area contributed by atoms with Gasteiger partial charge in [0.2, 0.25) is 5.91 Å². The smallest absolute Gasteiger partial charge is 0.238 e. The molecule has 0 bridgehead atoms. The first-order valence-corrected chi connectivity index (χ1v) is 5.06. The highest BCUT2D eigenvalue weighted by Crippen LogP contribution is 2.18. The molecule has 16 heavy (non-hydrogen) atoms. The first kappa shape index (κ1) is 10.4. The third kappa shape index (κ3) is 2.08. The van der Waals surface area contributed by atoms with Crippen molar-refractivity contribution >= 4 is 22.5 Å². The molecule has 0 unspecified atom stereocenters. The van der Waals surface area contributed by atoms with E-state index in [1.165, 1.54) is 0 Å². The zero-order valence-electron chi connectivity index (χ0n) is 8.90. The average Bonchev–Trinajstić information content (AvgIpc) is 2.35. The summed E-state index contributed by atoms with van der Waals surface area (Å²) < 4.78 is 0. The number of rotatable bonds is 3. The zero-order valence-corrected chi connectivity index (χ0v) is 8.90. The number of carbonyl (C=O) groups is 1. The molecule has 0 saturated carbocycles. The topological polar surface area (TPSA) is 66.9 Å². The Labute approximate surface area is 92.8 Å².